The molecule has 3 nitrogen and oxygen atoms in total. The van der Waals surface area contributed by atoms with E-state index < -0.39 is 27.7 Å². The van der Waals surface area contributed by atoms with Gasteiger partial charge in [-0.25, -0.2) is 12.8 Å². The zero-order valence-corrected chi connectivity index (χ0v) is 14.5. The molecule has 2 aromatic rings. The van der Waals surface area contributed by atoms with Crippen molar-refractivity contribution in [1.29, 1.82) is 0 Å². The van der Waals surface area contributed by atoms with Crippen LogP contribution in [-0.2, 0) is 9.84 Å². The van der Waals surface area contributed by atoms with E-state index in [0.29, 0.717) is 22.4 Å². The Morgan fingerprint density at radius 1 is 1.00 bits per heavy atom. The van der Waals surface area contributed by atoms with Gasteiger partial charge in [0.1, 0.15) is 5.82 Å². The van der Waals surface area contributed by atoms with E-state index in [9.17, 15) is 26.0 Å². The number of sulfone groups is 1. The summed E-state index contributed by atoms with van der Waals surface area (Å²) in [4.78, 5) is 4.00. The largest absolute Gasteiger partial charge is 0.392 e. The summed E-state index contributed by atoms with van der Waals surface area (Å²) in [7, 11) is -3.40. The molecule has 0 fully saturated rings. The second kappa shape index (κ2) is 6.50. The van der Waals surface area contributed by atoms with Gasteiger partial charge in [0.05, 0.1) is 22.7 Å². The molecule has 138 valence electrons. The highest BCUT2D eigenvalue weighted by Gasteiger charge is 2.44. The van der Waals surface area contributed by atoms with Crippen LogP contribution in [0.5, 0.6) is 0 Å². The highest BCUT2D eigenvalue weighted by atomic mass is 32.2. The summed E-state index contributed by atoms with van der Waals surface area (Å²) < 4.78 is 75.9. The predicted octanol–water partition coefficient (Wildman–Crippen LogP) is 4.51. The molecule has 1 atom stereocenters. The number of nitrogens with zero attached hydrogens (tertiary/aromatic N) is 1. The molecule has 0 N–H and O–H groups in total. The van der Waals surface area contributed by atoms with Crippen LogP contribution < -0.4 is 0 Å². The Hall–Kier alpha value is -2.22. The maximum Gasteiger partial charge on any atom is 0.392 e. The zero-order valence-electron chi connectivity index (χ0n) is 13.7. The number of pyridine rings is 1. The smallest absolute Gasteiger partial charge is 0.254 e. The lowest BCUT2D eigenvalue weighted by Crippen LogP contribution is -2.20. The molecule has 1 aliphatic rings. The molecule has 8 heteroatoms. The minimum atomic E-state index is -4.36. The van der Waals surface area contributed by atoms with Gasteiger partial charge in [-0.3, -0.25) is 4.98 Å². The van der Waals surface area contributed by atoms with Crippen molar-refractivity contribution >= 4 is 21.0 Å². The summed E-state index contributed by atoms with van der Waals surface area (Å²) in [6, 6.07) is 8.24. The molecule has 1 aliphatic carbocycles. The summed E-state index contributed by atoms with van der Waals surface area (Å²) in [5.74, 6) is -2.12. The summed E-state index contributed by atoms with van der Waals surface area (Å²) in [5, 5.41) is 0. The first kappa shape index (κ1) is 18.6. The van der Waals surface area contributed by atoms with E-state index in [0.717, 1.165) is 18.5 Å². The molecule has 3 rings (SSSR count). The van der Waals surface area contributed by atoms with Crippen LogP contribution in [0.3, 0.4) is 0 Å². The fourth-order valence-electron chi connectivity index (χ4n) is 3.05. The summed E-state index contributed by atoms with van der Waals surface area (Å²) in [5.41, 5.74) is 1.65. The fraction of sp³-hybridized carbons (Fsp3) is 0.278. The Morgan fingerprint density at radius 2 is 1.62 bits per heavy atom. The lowest BCUT2D eigenvalue weighted by atomic mass is 9.99. The molecule has 0 amide bonds. The minimum Gasteiger partial charge on any atom is -0.254 e. The molecule has 1 aromatic carbocycles. The topological polar surface area (TPSA) is 47.0 Å². The van der Waals surface area contributed by atoms with Crippen LogP contribution in [0, 0.1) is 11.7 Å². The normalized spacial score (nSPS) is 18.4. The molecule has 1 unspecified atom stereocenters. The van der Waals surface area contributed by atoms with Gasteiger partial charge in [-0.2, -0.15) is 13.2 Å². The molecule has 0 bridgehead atoms. The second-order valence-corrected chi connectivity index (χ2v) is 8.28. The van der Waals surface area contributed by atoms with Crippen molar-refractivity contribution in [2.24, 2.45) is 5.92 Å². The van der Waals surface area contributed by atoms with E-state index >= 15 is 0 Å². The number of hydrogen-bond donors (Lipinski definition) is 0. The SMILES string of the molecule is CS(=O)(=O)c1ccc(C2=C(c3ccc(F)cn3)CC(C(F)(F)F)C2)cc1. The quantitative estimate of drug-likeness (QED) is 0.731. The van der Waals surface area contributed by atoms with Crippen molar-refractivity contribution in [3.63, 3.8) is 0 Å². The van der Waals surface area contributed by atoms with E-state index in [-0.39, 0.29) is 17.7 Å². The number of halogens is 4. The highest BCUT2D eigenvalue weighted by Crippen LogP contribution is 2.48. The van der Waals surface area contributed by atoms with Gasteiger partial charge in [-0.05, 0) is 53.8 Å². The first-order valence-corrected chi connectivity index (χ1v) is 9.66. The average Bonchev–Trinajstić information content (AvgIpc) is 3.00. The Morgan fingerprint density at radius 3 is 2.12 bits per heavy atom. The lowest BCUT2D eigenvalue weighted by molar-refractivity contribution is -0.170. The van der Waals surface area contributed by atoms with Crippen LogP contribution in [0.4, 0.5) is 17.6 Å². The van der Waals surface area contributed by atoms with Gasteiger partial charge in [0.15, 0.2) is 9.84 Å². The van der Waals surface area contributed by atoms with Crippen molar-refractivity contribution in [1.82, 2.24) is 4.98 Å². The molecule has 0 saturated carbocycles. The van der Waals surface area contributed by atoms with Crippen LogP contribution in [0.15, 0.2) is 47.5 Å². The first-order chi connectivity index (χ1) is 12.1. The van der Waals surface area contributed by atoms with Gasteiger partial charge in [0.25, 0.3) is 0 Å². The molecule has 0 radical (unpaired) electrons. The van der Waals surface area contributed by atoms with E-state index in [1.165, 1.54) is 30.3 Å². The Labute approximate surface area is 148 Å². The molecule has 26 heavy (non-hydrogen) atoms. The average molecular weight is 385 g/mol. The minimum absolute atomic E-state index is 0.0914. The number of aromatic nitrogens is 1. The zero-order chi connectivity index (χ0) is 19.1. The van der Waals surface area contributed by atoms with Crippen LogP contribution in [0.2, 0.25) is 0 Å². The fourth-order valence-corrected chi connectivity index (χ4v) is 3.68. The van der Waals surface area contributed by atoms with Crippen molar-refractivity contribution < 1.29 is 26.0 Å². The summed E-state index contributed by atoms with van der Waals surface area (Å²) in [6.45, 7) is 0. The van der Waals surface area contributed by atoms with Crippen molar-refractivity contribution in [2.45, 2.75) is 23.9 Å². The molecule has 1 heterocycles. The number of allylic oxidation sites excluding steroid dienone is 2. The number of hydrogen-bond acceptors (Lipinski definition) is 3. The van der Waals surface area contributed by atoms with Gasteiger partial charge >= 0.3 is 6.18 Å². The first-order valence-electron chi connectivity index (χ1n) is 7.77. The van der Waals surface area contributed by atoms with Crippen LogP contribution >= 0.6 is 0 Å². The highest BCUT2D eigenvalue weighted by molar-refractivity contribution is 7.90. The third-order valence-electron chi connectivity index (χ3n) is 4.40. The van der Waals surface area contributed by atoms with Crippen LogP contribution in [-0.4, -0.2) is 25.8 Å². The van der Waals surface area contributed by atoms with Crippen LogP contribution in [0.1, 0.15) is 24.1 Å². The van der Waals surface area contributed by atoms with E-state index in [1.807, 2.05) is 0 Å². The molecule has 0 saturated heterocycles. The maximum atomic E-state index is 13.2. The Bertz CT molecular complexity index is 946. The van der Waals surface area contributed by atoms with E-state index in [2.05, 4.69) is 4.98 Å². The molecule has 0 spiro atoms. The number of alkyl halides is 3. The van der Waals surface area contributed by atoms with Gasteiger partial charge in [-0.15, -0.1) is 0 Å². The van der Waals surface area contributed by atoms with Crippen molar-refractivity contribution in [3.8, 4) is 0 Å². The lowest BCUT2D eigenvalue weighted by Gasteiger charge is -2.14. The molecule has 1 aromatic heterocycles. The van der Waals surface area contributed by atoms with E-state index in [4.69, 9.17) is 0 Å². The monoisotopic (exact) mass is 385 g/mol. The predicted molar refractivity (Wildman–Crippen MR) is 89.3 cm³/mol. The second-order valence-electron chi connectivity index (χ2n) is 6.26. The third kappa shape index (κ3) is 3.80. The van der Waals surface area contributed by atoms with E-state index in [1.54, 1.807) is 0 Å². The van der Waals surface area contributed by atoms with Gasteiger partial charge < -0.3 is 0 Å². The van der Waals surface area contributed by atoms with Gasteiger partial charge in [-0.1, -0.05) is 12.1 Å². The van der Waals surface area contributed by atoms with Gasteiger partial charge in [0, 0.05) is 6.26 Å². The van der Waals surface area contributed by atoms with Gasteiger partial charge in [0.2, 0.25) is 0 Å². The molecule has 0 aliphatic heterocycles. The van der Waals surface area contributed by atoms with Crippen molar-refractivity contribution in [2.75, 3.05) is 6.26 Å². The Balaban J connectivity index is 2.06. The molecular formula is C18H15F4NO2S. The molecular weight excluding hydrogens is 370 g/mol. The maximum absolute atomic E-state index is 13.2. The Kier molecular flexibility index (Phi) is 4.64. The third-order valence-corrected chi connectivity index (χ3v) is 5.52. The number of benzene rings is 1. The summed E-state index contributed by atoms with van der Waals surface area (Å²) >= 11 is 0. The number of rotatable bonds is 3. The standard InChI is InChI=1S/C18H15F4NO2S/c1-26(24,25)14-5-2-11(3-6-14)15-8-12(18(20,21)22)9-16(15)17-7-4-13(19)10-23-17/h2-7,10,12H,8-9H2,1H3. The van der Waals surface area contributed by atoms with Crippen LogP contribution in [0.25, 0.3) is 11.1 Å². The van der Waals surface area contributed by atoms with Crippen molar-refractivity contribution in [3.05, 3.63) is 59.7 Å². The summed E-state index contributed by atoms with van der Waals surface area (Å²) in [6.07, 6.45) is -2.81.